The predicted octanol–water partition coefficient (Wildman–Crippen LogP) is 2.42. The second kappa shape index (κ2) is 3.58. The summed E-state index contributed by atoms with van der Waals surface area (Å²) in [6, 6.07) is 7.96. The summed E-state index contributed by atoms with van der Waals surface area (Å²) in [5.74, 6) is 0.563. The van der Waals surface area contributed by atoms with Crippen molar-refractivity contribution in [1.82, 2.24) is 4.98 Å². The van der Waals surface area contributed by atoms with E-state index in [1.54, 1.807) is 13.3 Å². The van der Waals surface area contributed by atoms with Gasteiger partial charge in [-0.15, -0.1) is 0 Å². The molecule has 74 valence electrons. The van der Waals surface area contributed by atoms with Gasteiger partial charge in [-0.2, -0.15) is 5.26 Å². The third kappa shape index (κ3) is 1.40. The minimum absolute atomic E-state index is 0.563. The number of methoxy groups -OCH3 is 1. The van der Waals surface area contributed by atoms with Gasteiger partial charge in [0, 0.05) is 17.0 Å². The number of ether oxygens (including phenoxy) is 1. The first-order valence-corrected chi connectivity index (χ1v) is 4.60. The van der Waals surface area contributed by atoms with Crippen molar-refractivity contribution in [1.29, 1.82) is 5.26 Å². The van der Waals surface area contributed by atoms with Gasteiger partial charge in [-0.3, -0.25) is 0 Å². The summed E-state index contributed by atoms with van der Waals surface area (Å²) < 4.78 is 5.16. The molecule has 1 aromatic heterocycles. The van der Waals surface area contributed by atoms with Gasteiger partial charge in [-0.25, -0.2) is 4.98 Å². The van der Waals surface area contributed by atoms with Crippen LogP contribution in [0.25, 0.3) is 10.8 Å². The van der Waals surface area contributed by atoms with E-state index in [9.17, 15) is 0 Å². The first-order chi connectivity index (χ1) is 7.27. The van der Waals surface area contributed by atoms with Crippen LogP contribution in [0.5, 0.6) is 5.88 Å². The Labute approximate surface area is 87.9 Å². The van der Waals surface area contributed by atoms with Crippen molar-refractivity contribution >= 4 is 10.8 Å². The lowest BCUT2D eigenvalue weighted by atomic mass is 10.0. The van der Waals surface area contributed by atoms with E-state index in [1.165, 1.54) is 0 Å². The fourth-order valence-corrected chi connectivity index (χ4v) is 1.71. The second-order valence-corrected chi connectivity index (χ2v) is 3.29. The molecule has 0 aliphatic heterocycles. The van der Waals surface area contributed by atoms with Gasteiger partial charge in [-0.1, -0.05) is 12.1 Å². The van der Waals surface area contributed by atoms with Crippen LogP contribution in [0.4, 0.5) is 0 Å². The van der Waals surface area contributed by atoms with E-state index < -0.39 is 0 Å². The smallest absolute Gasteiger partial charge is 0.221 e. The molecule has 2 aromatic rings. The van der Waals surface area contributed by atoms with Crippen molar-refractivity contribution in [3.63, 3.8) is 0 Å². The maximum atomic E-state index is 8.99. The molecule has 0 aliphatic rings. The van der Waals surface area contributed by atoms with Crippen molar-refractivity contribution in [2.45, 2.75) is 6.92 Å². The molecule has 0 fully saturated rings. The normalized spacial score (nSPS) is 9.93. The average molecular weight is 198 g/mol. The van der Waals surface area contributed by atoms with Gasteiger partial charge in [0.15, 0.2) is 0 Å². The summed E-state index contributed by atoms with van der Waals surface area (Å²) in [7, 11) is 1.58. The van der Waals surface area contributed by atoms with E-state index in [-0.39, 0.29) is 0 Å². The number of nitrogens with zero attached hydrogens (tertiary/aromatic N) is 2. The number of rotatable bonds is 1. The van der Waals surface area contributed by atoms with Gasteiger partial charge in [0.1, 0.15) is 6.07 Å². The van der Waals surface area contributed by atoms with Crippen LogP contribution >= 0.6 is 0 Å². The average Bonchev–Trinajstić information content (AvgIpc) is 2.28. The lowest BCUT2D eigenvalue weighted by molar-refractivity contribution is 0.403. The summed E-state index contributed by atoms with van der Waals surface area (Å²) in [6.45, 7) is 1.97. The third-order valence-corrected chi connectivity index (χ3v) is 2.40. The number of aromatic nitrogens is 1. The number of nitriles is 1. The molecule has 0 saturated heterocycles. The molecule has 3 nitrogen and oxygen atoms in total. The summed E-state index contributed by atoms with van der Waals surface area (Å²) in [5.41, 5.74) is 1.65. The molecule has 0 atom stereocenters. The Morgan fingerprint density at radius 3 is 2.87 bits per heavy atom. The highest BCUT2D eigenvalue weighted by atomic mass is 16.5. The monoisotopic (exact) mass is 198 g/mol. The largest absolute Gasteiger partial charge is 0.481 e. The molecular formula is C12H10N2O. The van der Waals surface area contributed by atoms with E-state index in [2.05, 4.69) is 11.1 Å². The van der Waals surface area contributed by atoms with Crippen LogP contribution in [0.1, 0.15) is 11.1 Å². The van der Waals surface area contributed by atoms with E-state index in [0.29, 0.717) is 11.4 Å². The lowest BCUT2D eigenvalue weighted by Crippen LogP contribution is -1.92. The summed E-state index contributed by atoms with van der Waals surface area (Å²) in [6.07, 6.45) is 1.55. The Morgan fingerprint density at radius 1 is 1.40 bits per heavy atom. The molecule has 3 heteroatoms. The molecule has 2 rings (SSSR count). The van der Waals surface area contributed by atoms with Crippen LogP contribution in [0.3, 0.4) is 0 Å². The zero-order valence-corrected chi connectivity index (χ0v) is 8.61. The molecule has 1 heterocycles. The van der Waals surface area contributed by atoms with E-state index in [1.807, 2.05) is 25.1 Å². The lowest BCUT2D eigenvalue weighted by Gasteiger charge is -2.07. The van der Waals surface area contributed by atoms with Crippen molar-refractivity contribution in [2.24, 2.45) is 0 Å². The fraction of sp³-hybridized carbons (Fsp3) is 0.167. The Bertz CT molecular complexity index is 555. The minimum Gasteiger partial charge on any atom is -0.481 e. The highest BCUT2D eigenvalue weighted by Crippen LogP contribution is 2.27. The van der Waals surface area contributed by atoms with E-state index in [4.69, 9.17) is 10.00 Å². The van der Waals surface area contributed by atoms with Crippen molar-refractivity contribution in [3.8, 4) is 11.9 Å². The first kappa shape index (κ1) is 9.47. The van der Waals surface area contributed by atoms with Gasteiger partial charge >= 0.3 is 0 Å². The van der Waals surface area contributed by atoms with Crippen LogP contribution in [-0.2, 0) is 0 Å². The van der Waals surface area contributed by atoms with E-state index in [0.717, 1.165) is 16.3 Å². The van der Waals surface area contributed by atoms with Gasteiger partial charge in [0.25, 0.3) is 0 Å². The summed E-state index contributed by atoms with van der Waals surface area (Å²) in [5, 5.41) is 10.8. The number of aryl methyl sites for hydroxylation is 1. The Kier molecular flexibility index (Phi) is 2.26. The second-order valence-electron chi connectivity index (χ2n) is 3.29. The highest BCUT2D eigenvalue weighted by molar-refractivity contribution is 5.93. The fourth-order valence-electron chi connectivity index (χ4n) is 1.71. The summed E-state index contributed by atoms with van der Waals surface area (Å²) in [4.78, 5) is 4.09. The van der Waals surface area contributed by atoms with Gasteiger partial charge in [-0.05, 0) is 18.6 Å². The van der Waals surface area contributed by atoms with Crippen LogP contribution in [0.2, 0.25) is 0 Å². The predicted molar refractivity (Wildman–Crippen MR) is 57.7 cm³/mol. The van der Waals surface area contributed by atoms with Crippen LogP contribution in [0.15, 0.2) is 24.4 Å². The standard InChI is InChI=1S/C12H10N2O/c1-8-4-3-5-10-11(8)9(6-13)7-14-12(10)15-2/h3-5,7H,1-2H3. The molecule has 1 aromatic carbocycles. The third-order valence-electron chi connectivity index (χ3n) is 2.40. The van der Waals surface area contributed by atoms with Crippen LogP contribution in [0, 0.1) is 18.3 Å². The molecule has 0 unspecified atom stereocenters. The molecule has 15 heavy (non-hydrogen) atoms. The minimum atomic E-state index is 0.563. The maximum absolute atomic E-state index is 8.99. The molecule has 0 amide bonds. The number of benzene rings is 1. The molecule has 0 saturated carbocycles. The van der Waals surface area contributed by atoms with Crippen molar-refractivity contribution < 1.29 is 4.74 Å². The quantitative estimate of drug-likeness (QED) is 0.706. The van der Waals surface area contributed by atoms with Gasteiger partial charge < -0.3 is 4.74 Å². The number of fused-ring (bicyclic) bond motifs is 1. The zero-order chi connectivity index (χ0) is 10.8. The zero-order valence-electron chi connectivity index (χ0n) is 8.61. The van der Waals surface area contributed by atoms with Gasteiger partial charge in [0.2, 0.25) is 5.88 Å². The number of pyridine rings is 1. The van der Waals surface area contributed by atoms with Crippen LogP contribution in [-0.4, -0.2) is 12.1 Å². The topological polar surface area (TPSA) is 45.9 Å². The molecular weight excluding hydrogens is 188 g/mol. The highest BCUT2D eigenvalue weighted by Gasteiger charge is 2.08. The van der Waals surface area contributed by atoms with Crippen molar-refractivity contribution in [2.75, 3.05) is 7.11 Å². The Hall–Kier alpha value is -2.08. The Balaban J connectivity index is 2.94. The molecule has 0 N–H and O–H groups in total. The maximum Gasteiger partial charge on any atom is 0.221 e. The van der Waals surface area contributed by atoms with Crippen molar-refractivity contribution in [3.05, 3.63) is 35.5 Å². The SMILES string of the molecule is COc1ncc(C#N)c2c(C)cccc12. The Morgan fingerprint density at radius 2 is 2.20 bits per heavy atom. The number of hydrogen-bond acceptors (Lipinski definition) is 3. The van der Waals surface area contributed by atoms with Gasteiger partial charge in [0.05, 0.1) is 12.7 Å². The first-order valence-electron chi connectivity index (χ1n) is 4.60. The van der Waals surface area contributed by atoms with Crippen LogP contribution < -0.4 is 4.74 Å². The molecule has 0 bridgehead atoms. The molecule has 0 radical (unpaired) electrons. The molecule has 0 aliphatic carbocycles. The number of hydrogen-bond donors (Lipinski definition) is 0. The summed E-state index contributed by atoms with van der Waals surface area (Å²) >= 11 is 0. The van der Waals surface area contributed by atoms with E-state index >= 15 is 0 Å². The molecule has 0 spiro atoms.